The summed E-state index contributed by atoms with van der Waals surface area (Å²) in [6.07, 6.45) is 0.863. The molecule has 0 aliphatic rings. The number of rotatable bonds is 3. The van der Waals surface area contributed by atoms with Gasteiger partial charge >= 0.3 is 0 Å². The second-order valence-electron chi connectivity index (χ2n) is 2.53. The van der Waals surface area contributed by atoms with Crippen molar-refractivity contribution < 1.29 is 9.53 Å². The van der Waals surface area contributed by atoms with Crippen LogP contribution in [0.15, 0.2) is 18.2 Å². The third-order valence-electron chi connectivity index (χ3n) is 1.62. The Hall–Kier alpha value is -1.38. The van der Waals surface area contributed by atoms with Gasteiger partial charge in [0.25, 0.3) is 0 Å². The zero-order valence-corrected chi connectivity index (χ0v) is 7.15. The molecule has 0 aliphatic carbocycles. The lowest BCUT2D eigenvalue weighted by atomic mass is 10.1. The zero-order chi connectivity index (χ0) is 8.97. The van der Waals surface area contributed by atoms with E-state index in [9.17, 15) is 4.79 Å². The highest BCUT2D eigenvalue weighted by molar-refractivity contribution is 5.60. The van der Waals surface area contributed by atoms with Gasteiger partial charge in [0.15, 0.2) is 0 Å². The molecule has 0 spiro atoms. The van der Waals surface area contributed by atoms with Crippen LogP contribution in [0.2, 0.25) is 0 Å². The molecule has 0 radical (unpaired) electrons. The summed E-state index contributed by atoms with van der Waals surface area (Å²) in [4.78, 5) is 14.5. The van der Waals surface area contributed by atoms with Gasteiger partial charge in [0.2, 0.25) is 5.88 Å². The first kappa shape index (κ1) is 8.71. The quantitative estimate of drug-likeness (QED) is 0.635. The lowest BCUT2D eigenvalue weighted by Crippen LogP contribution is -1.99. The first-order valence-electron chi connectivity index (χ1n) is 3.74. The lowest BCUT2D eigenvalue weighted by molar-refractivity contribution is -0.108. The Morgan fingerprint density at radius 3 is 2.92 bits per heavy atom. The predicted molar refractivity (Wildman–Crippen MR) is 45.3 cm³/mol. The monoisotopic (exact) mass is 165 g/mol. The first-order chi connectivity index (χ1) is 5.77. The molecule has 1 heterocycles. The molecule has 1 unspecified atom stereocenters. The predicted octanol–water partition coefficient (Wildman–Crippen LogP) is 1.39. The minimum Gasteiger partial charge on any atom is -0.481 e. The molecule has 1 aromatic heterocycles. The van der Waals surface area contributed by atoms with Crippen molar-refractivity contribution in [3.8, 4) is 5.88 Å². The molecule has 0 saturated heterocycles. The molecule has 0 amide bonds. The third-order valence-corrected chi connectivity index (χ3v) is 1.62. The molecular formula is C9H11NO2. The summed E-state index contributed by atoms with van der Waals surface area (Å²) in [5, 5.41) is 0. The summed E-state index contributed by atoms with van der Waals surface area (Å²) in [5.41, 5.74) is 0.740. The van der Waals surface area contributed by atoms with Gasteiger partial charge in [-0.15, -0.1) is 0 Å². The summed E-state index contributed by atoms with van der Waals surface area (Å²) < 4.78 is 4.92. The molecule has 1 aromatic rings. The van der Waals surface area contributed by atoms with Gasteiger partial charge in [0.1, 0.15) is 6.29 Å². The van der Waals surface area contributed by atoms with Crippen LogP contribution in [0.3, 0.4) is 0 Å². The maximum Gasteiger partial charge on any atom is 0.213 e. The van der Waals surface area contributed by atoms with E-state index in [4.69, 9.17) is 4.74 Å². The normalized spacial score (nSPS) is 12.2. The topological polar surface area (TPSA) is 39.2 Å². The molecule has 3 nitrogen and oxygen atoms in total. The lowest BCUT2D eigenvalue weighted by Gasteiger charge is -2.04. The van der Waals surface area contributed by atoms with Crippen LogP contribution in [0.4, 0.5) is 0 Å². The molecule has 1 rings (SSSR count). The van der Waals surface area contributed by atoms with Crippen LogP contribution in [0.5, 0.6) is 5.88 Å². The number of methoxy groups -OCH3 is 1. The van der Waals surface area contributed by atoms with Gasteiger partial charge in [-0.1, -0.05) is 13.0 Å². The molecule has 0 saturated carbocycles. The van der Waals surface area contributed by atoms with Gasteiger partial charge in [-0.3, -0.25) is 0 Å². The number of nitrogens with zero attached hydrogens (tertiary/aromatic N) is 1. The van der Waals surface area contributed by atoms with Crippen LogP contribution >= 0.6 is 0 Å². The average Bonchev–Trinajstić information content (AvgIpc) is 2.17. The molecular weight excluding hydrogens is 154 g/mol. The fraction of sp³-hybridized carbons (Fsp3) is 0.333. The van der Waals surface area contributed by atoms with Gasteiger partial charge in [-0.2, -0.15) is 0 Å². The maximum atomic E-state index is 10.4. The maximum absolute atomic E-state index is 10.4. The van der Waals surface area contributed by atoms with Gasteiger partial charge < -0.3 is 9.53 Å². The Labute approximate surface area is 71.4 Å². The van der Waals surface area contributed by atoms with Crippen molar-refractivity contribution in [3.05, 3.63) is 23.9 Å². The SMILES string of the molecule is COc1cccc(C(C)C=O)n1. The Morgan fingerprint density at radius 2 is 2.33 bits per heavy atom. The van der Waals surface area contributed by atoms with Crippen LogP contribution in [-0.4, -0.2) is 18.4 Å². The number of hydrogen-bond acceptors (Lipinski definition) is 3. The molecule has 12 heavy (non-hydrogen) atoms. The van der Waals surface area contributed by atoms with Crippen LogP contribution in [0.25, 0.3) is 0 Å². The van der Waals surface area contributed by atoms with Crippen molar-refractivity contribution in [2.24, 2.45) is 0 Å². The Morgan fingerprint density at radius 1 is 1.58 bits per heavy atom. The van der Waals surface area contributed by atoms with E-state index in [0.29, 0.717) is 5.88 Å². The van der Waals surface area contributed by atoms with Crippen molar-refractivity contribution in [2.75, 3.05) is 7.11 Å². The Kier molecular flexibility index (Phi) is 2.80. The number of aldehydes is 1. The highest BCUT2D eigenvalue weighted by Gasteiger charge is 2.05. The second kappa shape index (κ2) is 3.85. The highest BCUT2D eigenvalue weighted by Crippen LogP contribution is 2.13. The molecule has 0 bridgehead atoms. The van der Waals surface area contributed by atoms with Crippen molar-refractivity contribution in [1.29, 1.82) is 0 Å². The third kappa shape index (κ3) is 1.81. The van der Waals surface area contributed by atoms with E-state index in [2.05, 4.69) is 4.98 Å². The second-order valence-corrected chi connectivity index (χ2v) is 2.53. The van der Waals surface area contributed by atoms with E-state index in [1.165, 1.54) is 0 Å². The van der Waals surface area contributed by atoms with Crippen molar-refractivity contribution in [3.63, 3.8) is 0 Å². The molecule has 0 fully saturated rings. The summed E-state index contributed by atoms with van der Waals surface area (Å²) in [5.74, 6) is 0.376. The van der Waals surface area contributed by atoms with E-state index in [1.807, 2.05) is 12.1 Å². The summed E-state index contributed by atoms with van der Waals surface area (Å²) in [6.45, 7) is 1.80. The van der Waals surface area contributed by atoms with Gasteiger partial charge in [0.05, 0.1) is 18.7 Å². The largest absolute Gasteiger partial charge is 0.481 e. The van der Waals surface area contributed by atoms with Gasteiger partial charge in [-0.25, -0.2) is 4.98 Å². The minimum atomic E-state index is -0.167. The summed E-state index contributed by atoms with van der Waals surface area (Å²) in [7, 11) is 1.55. The molecule has 0 aromatic carbocycles. The standard InChI is InChI=1S/C9H11NO2/c1-7(6-11)8-4-3-5-9(10-8)12-2/h3-7H,1-2H3. The van der Waals surface area contributed by atoms with Crippen molar-refractivity contribution in [2.45, 2.75) is 12.8 Å². The summed E-state index contributed by atoms with van der Waals surface area (Å²) >= 11 is 0. The first-order valence-corrected chi connectivity index (χ1v) is 3.74. The number of carbonyl (C=O) groups is 1. The number of pyridine rings is 1. The molecule has 64 valence electrons. The van der Waals surface area contributed by atoms with E-state index < -0.39 is 0 Å². The van der Waals surface area contributed by atoms with Gasteiger partial charge in [0, 0.05) is 6.07 Å². The van der Waals surface area contributed by atoms with E-state index in [1.54, 1.807) is 20.1 Å². The molecule has 3 heteroatoms. The van der Waals surface area contributed by atoms with Crippen LogP contribution in [0, 0.1) is 0 Å². The number of ether oxygens (including phenoxy) is 1. The van der Waals surface area contributed by atoms with Crippen molar-refractivity contribution >= 4 is 6.29 Å². The van der Waals surface area contributed by atoms with E-state index >= 15 is 0 Å². The fourth-order valence-corrected chi connectivity index (χ4v) is 0.868. The van der Waals surface area contributed by atoms with E-state index in [0.717, 1.165) is 12.0 Å². The molecule has 1 atom stereocenters. The minimum absolute atomic E-state index is 0.167. The zero-order valence-electron chi connectivity index (χ0n) is 7.15. The smallest absolute Gasteiger partial charge is 0.213 e. The fourth-order valence-electron chi connectivity index (χ4n) is 0.868. The van der Waals surface area contributed by atoms with Crippen LogP contribution < -0.4 is 4.74 Å². The van der Waals surface area contributed by atoms with E-state index in [-0.39, 0.29) is 5.92 Å². The molecule has 0 aliphatic heterocycles. The Bertz CT molecular complexity index is 273. The summed E-state index contributed by atoms with van der Waals surface area (Å²) in [6, 6.07) is 5.38. The molecule has 0 N–H and O–H groups in total. The number of carbonyl (C=O) groups excluding carboxylic acids is 1. The Balaban J connectivity index is 2.93. The van der Waals surface area contributed by atoms with Gasteiger partial charge in [-0.05, 0) is 6.07 Å². The van der Waals surface area contributed by atoms with Crippen molar-refractivity contribution in [1.82, 2.24) is 4.98 Å². The number of hydrogen-bond donors (Lipinski definition) is 0. The highest BCUT2D eigenvalue weighted by atomic mass is 16.5. The average molecular weight is 165 g/mol. The van der Waals surface area contributed by atoms with Crippen LogP contribution in [-0.2, 0) is 4.79 Å². The van der Waals surface area contributed by atoms with Crippen LogP contribution in [0.1, 0.15) is 18.5 Å². The number of aromatic nitrogens is 1.